The van der Waals surface area contributed by atoms with Crippen LogP contribution in [0.1, 0.15) is 10.4 Å². The predicted molar refractivity (Wildman–Crippen MR) is 92.5 cm³/mol. The van der Waals surface area contributed by atoms with E-state index in [0.29, 0.717) is 27.9 Å². The Balaban J connectivity index is 1.63. The average Bonchev–Trinajstić information content (AvgIpc) is 3.23. The van der Waals surface area contributed by atoms with E-state index in [1.54, 1.807) is 18.2 Å². The molecule has 0 unspecified atom stereocenters. The minimum Gasteiger partial charge on any atom is -0.454 e. The fourth-order valence-corrected chi connectivity index (χ4v) is 3.02. The molecule has 24 heavy (non-hydrogen) atoms. The number of fused-ring (bicyclic) bond motifs is 1. The summed E-state index contributed by atoms with van der Waals surface area (Å²) in [6, 6.07) is 12.6. The van der Waals surface area contributed by atoms with Gasteiger partial charge in [-0.3, -0.25) is 4.79 Å². The number of nitrogens with zero attached hydrogens (tertiary/aromatic N) is 1. The number of anilines is 2. The standard InChI is InChI=1S/C17H13N3O3S/c18-17-20-13(8-24-17)11-3-1-2-4-12(11)19-16(21)10-5-6-14-15(7-10)23-9-22-14/h1-8H,9H2,(H2,18,20)(H,19,21). The molecule has 120 valence electrons. The quantitative estimate of drug-likeness (QED) is 0.764. The molecule has 1 aliphatic heterocycles. The lowest BCUT2D eigenvalue weighted by Crippen LogP contribution is -2.12. The second-order valence-corrected chi connectivity index (χ2v) is 6.03. The molecule has 0 saturated heterocycles. The number of amides is 1. The number of ether oxygens (including phenoxy) is 2. The Bertz CT molecular complexity index is 923. The van der Waals surface area contributed by atoms with Crippen LogP contribution in [0.3, 0.4) is 0 Å². The van der Waals surface area contributed by atoms with Crippen molar-refractivity contribution < 1.29 is 14.3 Å². The molecule has 7 heteroatoms. The monoisotopic (exact) mass is 339 g/mol. The van der Waals surface area contributed by atoms with Crippen molar-refractivity contribution in [3.63, 3.8) is 0 Å². The van der Waals surface area contributed by atoms with E-state index >= 15 is 0 Å². The van der Waals surface area contributed by atoms with Gasteiger partial charge in [0.2, 0.25) is 6.79 Å². The van der Waals surface area contributed by atoms with Crippen LogP contribution in [-0.2, 0) is 0 Å². The molecule has 4 rings (SSSR count). The Hall–Kier alpha value is -3.06. The minimum atomic E-state index is -0.232. The zero-order chi connectivity index (χ0) is 16.5. The van der Waals surface area contributed by atoms with Crippen molar-refractivity contribution in [1.29, 1.82) is 0 Å². The van der Waals surface area contributed by atoms with E-state index in [1.165, 1.54) is 11.3 Å². The van der Waals surface area contributed by atoms with Crippen LogP contribution in [0.15, 0.2) is 47.8 Å². The van der Waals surface area contributed by atoms with Crippen molar-refractivity contribution in [2.45, 2.75) is 0 Å². The number of aromatic nitrogens is 1. The lowest BCUT2D eigenvalue weighted by atomic mass is 10.1. The molecule has 2 aromatic carbocycles. The third-order valence-electron chi connectivity index (χ3n) is 3.61. The van der Waals surface area contributed by atoms with Crippen molar-refractivity contribution in [2.75, 3.05) is 17.8 Å². The van der Waals surface area contributed by atoms with Gasteiger partial charge < -0.3 is 20.5 Å². The number of carbonyl (C=O) groups excluding carboxylic acids is 1. The summed E-state index contributed by atoms with van der Waals surface area (Å²) in [6.45, 7) is 0.175. The van der Waals surface area contributed by atoms with Crippen molar-refractivity contribution in [1.82, 2.24) is 4.98 Å². The lowest BCUT2D eigenvalue weighted by Gasteiger charge is -2.10. The maximum Gasteiger partial charge on any atom is 0.255 e. The van der Waals surface area contributed by atoms with Crippen molar-refractivity contribution in [2.24, 2.45) is 0 Å². The van der Waals surface area contributed by atoms with Crippen molar-refractivity contribution in [3.8, 4) is 22.8 Å². The Morgan fingerprint density at radius 1 is 1.17 bits per heavy atom. The molecule has 0 bridgehead atoms. The Labute approximate surface area is 141 Å². The van der Waals surface area contributed by atoms with Crippen LogP contribution in [0.5, 0.6) is 11.5 Å². The minimum absolute atomic E-state index is 0.175. The first kappa shape index (κ1) is 14.5. The van der Waals surface area contributed by atoms with Gasteiger partial charge in [-0.15, -0.1) is 11.3 Å². The number of para-hydroxylation sites is 1. The van der Waals surface area contributed by atoms with E-state index in [9.17, 15) is 4.79 Å². The Kier molecular flexibility index (Phi) is 3.55. The topological polar surface area (TPSA) is 86.5 Å². The Morgan fingerprint density at radius 3 is 2.83 bits per heavy atom. The summed E-state index contributed by atoms with van der Waals surface area (Å²) in [6.07, 6.45) is 0. The van der Waals surface area contributed by atoms with E-state index < -0.39 is 0 Å². The first-order valence-corrected chi connectivity index (χ1v) is 8.10. The molecule has 3 N–H and O–H groups in total. The molecule has 0 atom stereocenters. The molecular formula is C17H13N3O3S. The van der Waals surface area contributed by atoms with Gasteiger partial charge in [0.25, 0.3) is 5.91 Å². The van der Waals surface area contributed by atoms with E-state index in [0.717, 1.165) is 11.3 Å². The van der Waals surface area contributed by atoms with Gasteiger partial charge >= 0.3 is 0 Å². The normalized spacial score (nSPS) is 12.2. The molecule has 0 saturated carbocycles. The summed E-state index contributed by atoms with van der Waals surface area (Å²) in [5.41, 5.74) is 8.42. The smallest absolute Gasteiger partial charge is 0.255 e. The maximum atomic E-state index is 12.6. The van der Waals surface area contributed by atoms with Crippen LogP contribution in [0.4, 0.5) is 10.8 Å². The lowest BCUT2D eigenvalue weighted by molar-refractivity contribution is 0.102. The van der Waals surface area contributed by atoms with E-state index in [1.807, 2.05) is 29.6 Å². The van der Waals surface area contributed by atoms with E-state index in [-0.39, 0.29) is 12.7 Å². The van der Waals surface area contributed by atoms with Gasteiger partial charge in [-0.05, 0) is 24.3 Å². The second kappa shape index (κ2) is 5.86. The van der Waals surface area contributed by atoms with Crippen LogP contribution < -0.4 is 20.5 Å². The van der Waals surface area contributed by atoms with Crippen LogP contribution >= 0.6 is 11.3 Å². The van der Waals surface area contributed by atoms with Crippen molar-refractivity contribution in [3.05, 3.63) is 53.4 Å². The van der Waals surface area contributed by atoms with Gasteiger partial charge in [0, 0.05) is 16.5 Å². The summed E-state index contributed by atoms with van der Waals surface area (Å²) in [4.78, 5) is 16.8. The van der Waals surface area contributed by atoms with E-state index in [2.05, 4.69) is 10.3 Å². The van der Waals surface area contributed by atoms with Gasteiger partial charge in [-0.25, -0.2) is 4.98 Å². The summed E-state index contributed by atoms with van der Waals surface area (Å²) < 4.78 is 10.6. The predicted octanol–water partition coefficient (Wildman–Crippen LogP) is 3.37. The summed E-state index contributed by atoms with van der Waals surface area (Å²) in [5, 5.41) is 5.26. The fourth-order valence-electron chi connectivity index (χ4n) is 2.46. The molecular weight excluding hydrogens is 326 g/mol. The van der Waals surface area contributed by atoms with Crippen LogP contribution in [-0.4, -0.2) is 17.7 Å². The first-order valence-electron chi connectivity index (χ1n) is 7.22. The SMILES string of the molecule is Nc1nc(-c2ccccc2NC(=O)c2ccc3c(c2)OCO3)cs1. The molecule has 2 heterocycles. The summed E-state index contributed by atoms with van der Waals surface area (Å²) >= 11 is 1.36. The molecule has 3 aromatic rings. The second-order valence-electron chi connectivity index (χ2n) is 5.14. The molecule has 1 aromatic heterocycles. The number of nitrogen functional groups attached to an aromatic ring is 1. The number of benzene rings is 2. The highest BCUT2D eigenvalue weighted by atomic mass is 32.1. The highest BCUT2D eigenvalue weighted by Gasteiger charge is 2.17. The largest absolute Gasteiger partial charge is 0.454 e. The summed E-state index contributed by atoms with van der Waals surface area (Å²) in [7, 11) is 0. The maximum absolute atomic E-state index is 12.6. The van der Waals surface area contributed by atoms with Gasteiger partial charge in [0.1, 0.15) is 0 Å². The number of nitrogens with one attached hydrogen (secondary N) is 1. The zero-order valence-electron chi connectivity index (χ0n) is 12.5. The van der Waals surface area contributed by atoms with Gasteiger partial charge in [-0.1, -0.05) is 18.2 Å². The van der Waals surface area contributed by atoms with Crippen molar-refractivity contribution >= 4 is 28.1 Å². The number of rotatable bonds is 3. The molecule has 0 radical (unpaired) electrons. The highest BCUT2D eigenvalue weighted by Crippen LogP contribution is 2.33. The van der Waals surface area contributed by atoms with Crippen LogP contribution in [0, 0.1) is 0 Å². The Morgan fingerprint density at radius 2 is 2.00 bits per heavy atom. The highest BCUT2D eigenvalue weighted by molar-refractivity contribution is 7.13. The van der Waals surface area contributed by atoms with Gasteiger partial charge in [0.05, 0.1) is 11.4 Å². The fraction of sp³-hybridized carbons (Fsp3) is 0.0588. The number of carbonyl (C=O) groups is 1. The average molecular weight is 339 g/mol. The number of nitrogens with two attached hydrogens (primary N) is 1. The first-order chi connectivity index (χ1) is 11.7. The zero-order valence-corrected chi connectivity index (χ0v) is 13.3. The molecule has 1 amide bonds. The van der Waals surface area contributed by atoms with E-state index in [4.69, 9.17) is 15.2 Å². The third kappa shape index (κ3) is 2.65. The molecule has 0 aliphatic carbocycles. The molecule has 1 aliphatic rings. The number of hydrogen-bond donors (Lipinski definition) is 2. The molecule has 6 nitrogen and oxygen atoms in total. The van der Waals surface area contributed by atoms with Crippen LogP contribution in [0.25, 0.3) is 11.3 Å². The number of thiazole rings is 1. The summed E-state index contributed by atoms with van der Waals surface area (Å²) in [5.74, 6) is 0.983. The van der Waals surface area contributed by atoms with Gasteiger partial charge in [0.15, 0.2) is 16.6 Å². The third-order valence-corrected chi connectivity index (χ3v) is 4.28. The van der Waals surface area contributed by atoms with Crippen LogP contribution in [0.2, 0.25) is 0 Å². The number of hydrogen-bond acceptors (Lipinski definition) is 6. The van der Waals surface area contributed by atoms with Gasteiger partial charge in [-0.2, -0.15) is 0 Å². The molecule has 0 fully saturated rings. The molecule has 0 spiro atoms.